The molecule has 0 aromatic carbocycles. The smallest absolute Gasteiger partial charge is 0.251 e. The minimum atomic E-state index is -0.508. The van der Waals surface area contributed by atoms with Gasteiger partial charge in [-0.15, -0.1) is 0 Å². The highest BCUT2D eigenvalue weighted by Crippen LogP contribution is 2.02. The molecule has 1 rings (SSSR count). The van der Waals surface area contributed by atoms with Gasteiger partial charge < -0.3 is 25.3 Å². The summed E-state index contributed by atoms with van der Waals surface area (Å²) in [4.78, 5) is 11.7. The Morgan fingerprint density at radius 2 is 2.44 bits per heavy atom. The van der Waals surface area contributed by atoms with Crippen molar-refractivity contribution in [3.05, 3.63) is 0 Å². The van der Waals surface area contributed by atoms with Crippen LogP contribution in [0.1, 0.15) is 6.42 Å². The number of amides is 1. The molecule has 0 bridgehead atoms. The molecule has 0 aromatic rings. The fourth-order valence-corrected chi connectivity index (χ4v) is 1.53. The van der Waals surface area contributed by atoms with Gasteiger partial charge in [-0.25, -0.2) is 0 Å². The third-order valence-electron chi connectivity index (χ3n) is 2.34. The molecule has 0 aliphatic carbocycles. The molecular weight excluding hydrogens is 212 g/mol. The molecule has 2 unspecified atom stereocenters. The molecule has 1 saturated heterocycles. The lowest BCUT2D eigenvalue weighted by molar-refractivity contribution is -0.148. The summed E-state index contributed by atoms with van der Waals surface area (Å²) >= 11 is 0. The van der Waals surface area contributed by atoms with E-state index in [-0.39, 0.29) is 11.9 Å². The zero-order valence-electron chi connectivity index (χ0n) is 9.61. The molecular formula is C10H20N2O4. The second-order valence-corrected chi connectivity index (χ2v) is 3.67. The Labute approximate surface area is 95.4 Å². The largest absolute Gasteiger partial charge is 0.383 e. The molecule has 0 aromatic heterocycles. The van der Waals surface area contributed by atoms with Crippen LogP contribution in [0.2, 0.25) is 0 Å². The molecule has 1 amide bonds. The van der Waals surface area contributed by atoms with Gasteiger partial charge in [-0.2, -0.15) is 0 Å². The Balaban J connectivity index is 2.33. The minimum absolute atomic E-state index is 0.0620. The van der Waals surface area contributed by atoms with Gasteiger partial charge in [0.25, 0.3) is 5.91 Å². The van der Waals surface area contributed by atoms with Crippen LogP contribution in [0.3, 0.4) is 0 Å². The molecule has 6 nitrogen and oxygen atoms in total. The van der Waals surface area contributed by atoms with Crippen LogP contribution in [0.5, 0.6) is 0 Å². The predicted octanol–water partition coefficient (Wildman–Crippen LogP) is -1.12. The van der Waals surface area contributed by atoms with Crippen LogP contribution in [-0.4, -0.2) is 58.1 Å². The summed E-state index contributed by atoms with van der Waals surface area (Å²) in [5, 5.41) is 2.84. The number of rotatable bonds is 6. The third-order valence-corrected chi connectivity index (χ3v) is 2.34. The molecule has 1 heterocycles. The Morgan fingerprint density at radius 3 is 3.00 bits per heavy atom. The number of hydrogen-bond acceptors (Lipinski definition) is 5. The van der Waals surface area contributed by atoms with Crippen LogP contribution >= 0.6 is 0 Å². The third kappa shape index (κ3) is 4.44. The SMILES string of the molecule is COCC(CCN)NC(=O)C1COCCO1. The van der Waals surface area contributed by atoms with Gasteiger partial charge in [-0.05, 0) is 13.0 Å². The van der Waals surface area contributed by atoms with Crippen molar-refractivity contribution in [2.75, 3.05) is 40.1 Å². The van der Waals surface area contributed by atoms with Crippen molar-refractivity contribution in [2.24, 2.45) is 5.73 Å². The Morgan fingerprint density at radius 1 is 1.62 bits per heavy atom. The predicted molar refractivity (Wildman–Crippen MR) is 58.0 cm³/mol. The zero-order valence-corrected chi connectivity index (χ0v) is 9.61. The number of carbonyl (C=O) groups excluding carboxylic acids is 1. The fourth-order valence-electron chi connectivity index (χ4n) is 1.53. The molecule has 0 spiro atoms. The first-order chi connectivity index (χ1) is 7.77. The van der Waals surface area contributed by atoms with Gasteiger partial charge in [0.05, 0.1) is 32.5 Å². The van der Waals surface area contributed by atoms with Crippen LogP contribution in [0.4, 0.5) is 0 Å². The number of carbonyl (C=O) groups is 1. The number of nitrogens with two attached hydrogens (primary N) is 1. The summed E-state index contributed by atoms with van der Waals surface area (Å²) in [5.41, 5.74) is 5.45. The summed E-state index contributed by atoms with van der Waals surface area (Å²) in [7, 11) is 1.59. The highest BCUT2D eigenvalue weighted by Gasteiger charge is 2.24. The topological polar surface area (TPSA) is 82.8 Å². The first kappa shape index (κ1) is 13.4. The Hall–Kier alpha value is -0.690. The van der Waals surface area contributed by atoms with E-state index in [0.717, 1.165) is 0 Å². The van der Waals surface area contributed by atoms with E-state index in [1.165, 1.54) is 0 Å². The van der Waals surface area contributed by atoms with Gasteiger partial charge >= 0.3 is 0 Å². The van der Waals surface area contributed by atoms with E-state index in [9.17, 15) is 4.79 Å². The number of nitrogens with one attached hydrogen (secondary N) is 1. The number of hydrogen-bond donors (Lipinski definition) is 2. The fraction of sp³-hybridized carbons (Fsp3) is 0.900. The maximum absolute atomic E-state index is 11.7. The van der Waals surface area contributed by atoms with Gasteiger partial charge in [0.2, 0.25) is 0 Å². The molecule has 0 saturated carbocycles. The standard InChI is InChI=1S/C10H20N2O4/c1-14-6-8(2-3-11)12-10(13)9-7-15-4-5-16-9/h8-9H,2-7,11H2,1H3,(H,12,13). The van der Waals surface area contributed by atoms with E-state index in [4.69, 9.17) is 19.9 Å². The summed E-state index contributed by atoms with van der Waals surface area (Å²) < 4.78 is 15.5. The van der Waals surface area contributed by atoms with E-state index < -0.39 is 6.10 Å². The van der Waals surface area contributed by atoms with Crippen LogP contribution in [0.15, 0.2) is 0 Å². The summed E-state index contributed by atoms with van der Waals surface area (Å²) in [6.07, 6.45) is 0.179. The lowest BCUT2D eigenvalue weighted by Gasteiger charge is -2.25. The molecule has 1 aliphatic heterocycles. The van der Waals surface area contributed by atoms with Crippen molar-refractivity contribution in [2.45, 2.75) is 18.6 Å². The lowest BCUT2D eigenvalue weighted by atomic mass is 10.2. The van der Waals surface area contributed by atoms with Crippen molar-refractivity contribution >= 4 is 5.91 Å². The Kier molecular flexibility index (Phi) is 6.32. The van der Waals surface area contributed by atoms with E-state index in [2.05, 4.69) is 5.32 Å². The average Bonchev–Trinajstić information content (AvgIpc) is 2.31. The highest BCUT2D eigenvalue weighted by atomic mass is 16.6. The molecule has 0 radical (unpaired) electrons. The van der Waals surface area contributed by atoms with Crippen molar-refractivity contribution in [3.8, 4) is 0 Å². The second kappa shape index (κ2) is 7.56. The first-order valence-electron chi connectivity index (χ1n) is 5.46. The second-order valence-electron chi connectivity index (χ2n) is 3.67. The van der Waals surface area contributed by atoms with E-state index in [1.807, 2.05) is 0 Å². The maximum Gasteiger partial charge on any atom is 0.251 e. The highest BCUT2D eigenvalue weighted by molar-refractivity contribution is 5.81. The maximum atomic E-state index is 11.7. The summed E-state index contributed by atoms with van der Waals surface area (Å²) in [6, 6.07) is -0.0620. The van der Waals surface area contributed by atoms with Crippen LogP contribution < -0.4 is 11.1 Å². The number of methoxy groups -OCH3 is 1. The summed E-state index contributed by atoms with van der Waals surface area (Å²) in [5.74, 6) is -0.157. The van der Waals surface area contributed by atoms with Crippen LogP contribution in [0.25, 0.3) is 0 Å². The molecule has 1 aliphatic rings. The molecule has 94 valence electrons. The van der Waals surface area contributed by atoms with Crippen molar-refractivity contribution in [1.82, 2.24) is 5.32 Å². The average molecular weight is 232 g/mol. The quantitative estimate of drug-likeness (QED) is 0.606. The lowest BCUT2D eigenvalue weighted by Crippen LogP contribution is -2.48. The van der Waals surface area contributed by atoms with Crippen molar-refractivity contribution in [3.63, 3.8) is 0 Å². The normalized spacial score (nSPS) is 22.8. The van der Waals surface area contributed by atoms with Crippen LogP contribution in [0, 0.1) is 0 Å². The Bertz CT molecular complexity index is 201. The zero-order chi connectivity index (χ0) is 11.8. The number of ether oxygens (including phenoxy) is 3. The van der Waals surface area contributed by atoms with E-state index in [0.29, 0.717) is 39.4 Å². The van der Waals surface area contributed by atoms with E-state index >= 15 is 0 Å². The molecule has 16 heavy (non-hydrogen) atoms. The van der Waals surface area contributed by atoms with Gasteiger partial charge in [-0.3, -0.25) is 4.79 Å². The van der Waals surface area contributed by atoms with Gasteiger partial charge in [0, 0.05) is 7.11 Å². The molecule has 2 atom stereocenters. The van der Waals surface area contributed by atoms with Gasteiger partial charge in [0.15, 0.2) is 6.10 Å². The van der Waals surface area contributed by atoms with E-state index in [1.54, 1.807) is 7.11 Å². The first-order valence-corrected chi connectivity index (χ1v) is 5.46. The molecule has 6 heteroatoms. The van der Waals surface area contributed by atoms with Crippen LogP contribution in [-0.2, 0) is 19.0 Å². The molecule has 1 fully saturated rings. The van der Waals surface area contributed by atoms with Crippen molar-refractivity contribution in [1.29, 1.82) is 0 Å². The molecule has 3 N–H and O–H groups in total. The monoisotopic (exact) mass is 232 g/mol. The minimum Gasteiger partial charge on any atom is -0.383 e. The van der Waals surface area contributed by atoms with Gasteiger partial charge in [-0.1, -0.05) is 0 Å². The summed E-state index contributed by atoms with van der Waals surface area (Å²) in [6.45, 7) is 2.29. The van der Waals surface area contributed by atoms with Gasteiger partial charge in [0.1, 0.15) is 0 Å². The van der Waals surface area contributed by atoms with Crippen molar-refractivity contribution < 1.29 is 19.0 Å².